The number of ether oxygens (including phenoxy) is 1. The predicted octanol–water partition coefficient (Wildman–Crippen LogP) is 5.15. The molecular formula is C25H21N5O3S2. The summed E-state index contributed by atoms with van der Waals surface area (Å²) in [6, 6.07) is 19.3. The number of esters is 1. The molecule has 3 heterocycles. The van der Waals surface area contributed by atoms with Crippen LogP contribution in [-0.2, 0) is 16.6 Å². The summed E-state index contributed by atoms with van der Waals surface area (Å²) in [6.07, 6.45) is 0. The average Bonchev–Trinajstić information content (AvgIpc) is 3.43. The fraction of sp³-hybridized carbons (Fsp3) is 0.160. The summed E-state index contributed by atoms with van der Waals surface area (Å²) in [6.45, 7) is 2.00. The smallest absolute Gasteiger partial charge is 0.341 e. The molecule has 5 rings (SSSR count). The fourth-order valence-electron chi connectivity index (χ4n) is 3.74. The van der Waals surface area contributed by atoms with Crippen molar-refractivity contribution >= 4 is 62.0 Å². The number of hydrogen-bond acceptors (Lipinski definition) is 8. The van der Waals surface area contributed by atoms with Crippen LogP contribution in [-0.4, -0.2) is 44.0 Å². The van der Waals surface area contributed by atoms with Gasteiger partial charge in [-0.2, -0.15) is 0 Å². The summed E-state index contributed by atoms with van der Waals surface area (Å²) in [7, 11) is 1.93. The minimum absolute atomic E-state index is 0.0674. The van der Waals surface area contributed by atoms with Crippen molar-refractivity contribution in [1.29, 1.82) is 0 Å². The first-order valence-electron chi connectivity index (χ1n) is 10.9. The highest BCUT2D eigenvalue weighted by Crippen LogP contribution is 2.36. The zero-order valence-corrected chi connectivity index (χ0v) is 20.7. The summed E-state index contributed by atoms with van der Waals surface area (Å²) >= 11 is 2.52. The van der Waals surface area contributed by atoms with Crippen LogP contribution >= 0.6 is 23.1 Å². The van der Waals surface area contributed by atoms with Gasteiger partial charge in [-0.05, 0) is 24.6 Å². The summed E-state index contributed by atoms with van der Waals surface area (Å²) < 4.78 is 7.15. The van der Waals surface area contributed by atoms with Gasteiger partial charge < -0.3 is 14.6 Å². The Morgan fingerprint density at radius 1 is 1.09 bits per heavy atom. The number of aryl methyl sites for hydroxylation is 1. The molecule has 0 radical (unpaired) electrons. The Bertz CT molecular complexity index is 1550. The number of para-hydroxylation sites is 1. The first-order valence-corrected chi connectivity index (χ1v) is 12.7. The molecule has 35 heavy (non-hydrogen) atoms. The Hall–Kier alpha value is -3.76. The number of rotatable bonds is 7. The van der Waals surface area contributed by atoms with E-state index in [1.807, 2.05) is 66.2 Å². The third-order valence-corrected chi connectivity index (χ3v) is 7.30. The Balaban J connectivity index is 1.34. The van der Waals surface area contributed by atoms with Crippen molar-refractivity contribution in [2.24, 2.45) is 7.05 Å². The molecule has 176 valence electrons. The molecule has 0 bridgehead atoms. The van der Waals surface area contributed by atoms with Crippen LogP contribution < -0.4 is 5.32 Å². The fourth-order valence-corrected chi connectivity index (χ4v) is 5.38. The standard InChI is InChI=1S/C25H21N5O3S2/c1-3-33-24(32)17-13-19(15-9-5-4-6-10-15)35-23(17)26-20(31)14-34-25-27-22-21(28-29-25)16-11-7-8-12-18(16)30(22)2/h4-13H,3,14H2,1-2H3,(H,26,31). The predicted molar refractivity (Wildman–Crippen MR) is 139 cm³/mol. The lowest BCUT2D eigenvalue weighted by Gasteiger charge is -2.05. The second-order valence-electron chi connectivity index (χ2n) is 7.62. The zero-order chi connectivity index (χ0) is 24.4. The molecule has 1 amide bonds. The largest absolute Gasteiger partial charge is 0.462 e. The number of aromatic nitrogens is 4. The van der Waals surface area contributed by atoms with Crippen LogP contribution in [0.15, 0.2) is 65.8 Å². The van der Waals surface area contributed by atoms with Crippen LogP contribution in [0.1, 0.15) is 17.3 Å². The van der Waals surface area contributed by atoms with Gasteiger partial charge in [-0.3, -0.25) is 4.79 Å². The molecule has 1 N–H and O–H groups in total. The van der Waals surface area contributed by atoms with Gasteiger partial charge in [0.2, 0.25) is 11.1 Å². The van der Waals surface area contributed by atoms with E-state index in [0.29, 0.717) is 21.4 Å². The number of thiophene rings is 1. The Kier molecular flexibility index (Phi) is 6.47. The second kappa shape index (κ2) is 9.85. The number of nitrogens with one attached hydrogen (secondary N) is 1. The van der Waals surface area contributed by atoms with Gasteiger partial charge in [0.15, 0.2) is 5.65 Å². The average molecular weight is 504 g/mol. The van der Waals surface area contributed by atoms with Crippen molar-refractivity contribution < 1.29 is 14.3 Å². The number of benzene rings is 2. The first kappa shape index (κ1) is 23.0. The minimum Gasteiger partial charge on any atom is -0.462 e. The summed E-state index contributed by atoms with van der Waals surface area (Å²) in [4.78, 5) is 30.7. The van der Waals surface area contributed by atoms with Crippen LogP contribution in [0.5, 0.6) is 0 Å². The van der Waals surface area contributed by atoms with E-state index in [2.05, 4.69) is 20.5 Å². The molecule has 0 aliphatic rings. The van der Waals surface area contributed by atoms with Crippen LogP contribution in [0.2, 0.25) is 0 Å². The highest BCUT2D eigenvalue weighted by atomic mass is 32.2. The van der Waals surface area contributed by atoms with Gasteiger partial charge in [-0.25, -0.2) is 9.78 Å². The van der Waals surface area contributed by atoms with E-state index in [1.54, 1.807) is 13.0 Å². The molecule has 0 unspecified atom stereocenters. The molecule has 2 aromatic carbocycles. The van der Waals surface area contributed by atoms with Gasteiger partial charge in [-0.1, -0.05) is 60.3 Å². The lowest BCUT2D eigenvalue weighted by molar-refractivity contribution is -0.113. The number of amides is 1. The topological polar surface area (TPSA) is 99.0 Å². The molecule has 0 aliphatic heterocycles. The first-order chi connectivity index (χ1) is 17.0. The molecule has 3 aromatic heterocycles. The van der Waals surface area contributed by atoms with Crippen molar-refractivity contribution in [1.82, 2.24) is 19.7 Å². The van der Waals surface area contributed by atoms with Gasteiger partial charge in [0.1, 0.15) is 10.5 Å². The van der Waals surface area contributed by atoms with Crippen molar-refractivity contribution in [2.75, 3.05) is 17.7 Å². The van der Waals surface area contributed by atoms with Crippen molar-refractivity contribution in [3.63, 3.8) is 0 Å². The molecule has 5 aromatic rings. The van der Waals surface area contributed by atoms with E-state index in [9.17, 15) is 9.59 Å². The number of thioether (sulfide) groups is 1. The van der Waals surface area contributed by atoms with Gasteiger partial charge in [-0.15, -0.1) is 21.5 Å². The third kappa shape index (κ3) is 4.62. The molecule has 0 saturated carbocycles. The Morgan fingerprint density at radius 3 is 2.66 bits per heavy atom. The SMILES string of the molecule is CCOC(=O)c1cc(-c2ccccc2)sc1NC(=O)CSc1nnc2c3ccccc3n(C)c2n1. The lowest BCUT2D eigenvalue weighted by atomic mass is 10.1. The minimum atomic E-state index is -0.470. The number of carbonyl (C=O) groups is 2. The molecule has 10 heteroatoms. The molecule has 0 spiro atoms. The maximum absolute atomic E-state index is 12.8. The number of hydrogen-bond donors (Lipinski definition) is 1. The maximum Gasteiger partial charge on any atom is 0.341 e. The summed E-state index contributed by atoms with van der Waals surface area (Å²) in [5, 5.41) is 13.2. The van der Waals surface area contributed by atoms with Crippen LogP contribution in [0.4, 0.5) is 5.00 Å². The highest BCUT2D eigenvalue weighted by Gasteiger charge is 2.20. The molecule has 0 aliphatic carbocycles. The lowest BCUT2D eigenvalue weighted by Crippen LogP contribution is -2.16. The van der Waals surface area contributed by atoms with Crippen molar-refractivity contribution in [3.05, 3.63) is 66.2 Å². The van der Waals surface area contributed by atoms with Crippen LogP contribution in [0.3, 0.4) is 0 Å². The van der Waals surface area contributed by atoms with Crippen LogP contribution in [0.25, 0.3) is 32.5 Å². The third-order valence-electron chi connectivity index (χ3n) is 5.36. The number of nitrogens with zero attached hydrogens (tertiary/aromatic N) is 4. The van der Waals surface area contributed by atoms with Gasteiger partial charge in [0.05, 0.1) is 23.4 Å². The molecule has 8 nitrogen and oxygen atoms in total. The van der Waals surface area contributed by atoms with E-state index in [4.69, 9.17) is 4.74 Å². The normalized spacial score (nSPS) is 11.1. The van der Waals surface area contributed by atoms with E-state index < -0.39 is 5.97 Å². The number of carbonyl (C=O) groups excluding carboxylic acids is 2. The second-order valence-corrected chi connectivity index (χ2v) is 9.61. The summed E-state index contributed by atoms with van der Waals surface area (Å²) in [5.74, 6) is -0.678. The molecule has 0 fully saturated rings. The maximum atomic E-state index is 12.8. The van der Waals surface area contributed by atoms with Crippen molar-refractivity contribution in [2.45, 2.75) is 12.1 Å². The highest BCUT2D eigenvalue weighted by molar-refractivity contribution is 7.99. The van der Waals surface area contributed by atoms with Gasteiger partial charge in [0.25, 0.3) is 0 Å². The van der Waals surface area contributed by atoms with Crippen LogP contribution in [0, 0.1) is 0 Å². The zero-order valence-electron chi connectivity index (χ0n) is 19.0. The molecular weight excluding hydrogens is 482 g/mol. The molecule has 0 saturated heterocycles. The van der Waals surface area contributed by atoms with Crippen molar-refractivity contribution in [3.8, 4) is 10.4 Å². The van der Waals surface area contributed by atoms with Gasteiger partial charge >= 0.3 is 5.97 Å². The summed E-state index contributed by atoms with van der Waals surface area (Å²) in [5.41, 5.74) is 3.75. The molecule has 0 atom stereocenters. The van der Waals surface area contributed by atoms with E-state index in [1.165, 1.54) is 23.1 Å². The van der Waals surface area contributed by atoms with E-state index in [-0.39, 0.29) is 18.3 Å². The van der Waals surface area contributed by atoms with E-state index >= 15 is 0 Å². The monoisotopic (exact) mass is 503 g/mol. The number of anilines is 1. The van der Waals surface area contributed by atoms with Gasteiger partial charge in [0, 0.05) is 17.3 Å². The number of fused-ring (bicyclic) bond motifs is 3. The van der Waals surface area contributed by atoms with E-state index in [0.717, 1.165) is 26.9 Å². The Morgan fingerprint density at radius 2 is 1.86 bits per heavy atom. The Labute approximate surface area is 209 Å². The quantitative estimate of drug-likeness (QED) is 0.242.